The molecule has 1 saturated heterocycles. The van der Waals surface area contributed by atoms with Gasteiger partial charge in [0.15, 0.2) is 0 Å². The number of aromatic amines is 1. The molecule has 0 bridgehead atoms. The third-order valence-corrected chi connectivity index (χ3v) is 6.37. The molecule has 9 heteroatoms. The van der Waals surface area contributed by atoms with Crippen molar-refractivity contribution in [1.29, 1.82) is 0 Å². The Bertz CT molecular complexity index is 1100. The number of likely N-dealkylation sites (tertiary alicyclic amines) is 1. The number of Topliss-reactive ketones (excluding diaryl/α,β-unsaturated/α-hetero) is 1. The lowest BCUT2D eigenvalue weighted by molar-refractivity contribution is -0.140. The number of methoxy groups -OCH3 is 1. The minimum absolute atomic E-state index is 0.0116. The number of ketones is 1. The third kappa shape index (κ3) is 4.61. The predicted octanol–water partition coefficient (Wildman–Crippen LogP) is 2.97. The fraction of sp³-hybridized carbons (Fsp3) is 0.440. The SMILES string of the molecule is CCN(CC)CCCN1C(=O)C(=O)/C(=C(\O)c2c(C)[nH]c(C(=O)OC)c2C)C1c1cccnc1. The number of hydrogen-bond donors (Lipinski definition) is 2. The Morgan fingerprint density at radius 2 is 1.97 bits per heavy atom. The molecule has 182 valence electrons. The van der Waals surface area contributed by atoms with Crippen LogP contribution < -0.4 is 0 Å². The highest BCUT2D eigenvalue weighted by Crippen LogP contribution is 2.40. The van der Waals surface area contributed by atoms with E-state index < -0.39 is 23.7 Å². The maximum atomic E-state index is 13.2. The van der Waals surface area contributed by atoms with E-state index in [9.17, 15) is 19.5 Å². The Morgan fingerprint density at radius 3 is 2.56 bits per heavy atom. The number of nitrogens with one attached hydrogen (secondary N) is 1. The minimum Gasteiger partial charge on any atom is -0.507 e. The molecule has 1 fully saturated rings. The Kier molecular flexibility index (Phi) is 7.88. The lowest BCUT2D eigenvalue weighted by Crippen LogP contribution is -2.33. The van der Waals surface area contributed by atoms with Gasteiger partial charge >= 0.3 is 5.97 Å². The van der Waals surface area contributed by atoms with Gasteiger partial charge in [0.05, 0.1) is 18.7 Å². The zero-order chi connectivity index (χ0) is 25.0. The van der Waals surface area contributed by atoms with E-state index in [4.69, 9.17) is 4.74 Å². The summed E-state index contributed by atoms with van der Waals surface area (Å²) in [5.41, 5.74) is 2.06. The van der Waals surface area contributed by atoms with Crippen molar-refractivity contribution in [3.63, 3.8) is 0 Å². The van der Waals surface area contributed by atoms with Gasteiger partial charge in [0, 0.05) is 30.2 Å². The molecule has 0 aliphatic carbocycles. The molecule has 0 saturated carbocycles. The van der Waals surface area contributed by atoms with Gasteiger partial charge < -0.3 is 24.6 Å². The predicted molar refractivity (Wildman–Crippen MR) is 127 cm³/mol. The number of carbonyl (C=O) groups excluding carboxylic acids is 3. The first-order valence-corrected chi connectivity index (χ1v) is 11.4. The van der Waals surface area contributed by atoms with Crippen LogP contribution in [0.4, 0.5) is 0 Å². The van der Waals surface area contributed by atoms with E-state index in [0.29, 0.717) is 35.3 Å². The van der Waals surface area contributed by atoms with E-state index in [0.717, 1.165) is 19.6 Å². The second kappa shape index (κ2) is 10.6. The van der Waals surface area contributed by atoms with Crippen molar-refractivity contribution in [1.82, 2.24) is 19.8 Å². The molecule has 1 aliphatic rings. The van der Waals surface area contributed by atoms with Crippen LogP contribution >= 0.6 is 0 Å². The van der Waals surface area contributed by atoms with Crippen LogP contribution in [-0.4, -0.2) is 75.8 Å². The van der Waals surface area contributed by atoms with E-state index in [1.54, 1.807) is 38.4 Å². The summed E-state index contributed by atoms with van der Waals surface area (Å²) in [6, 6.07) is 2.74. The molecule has 1 atom stereocenters. The van der Waals surface area contributed by atoms with Crippen molar-refractivity contribution >= 4 is 23.4 Å². The van der Waals surface area contributed by atoms with E-state index in [1.807, 2.05) is 0 Å². The highest BCUT2D eigenvalue weighted by molar-refractivity contribution is 6.46. The molecule has 2 aromatic rings. The van der Waals surface area contributed by atoms with Crippen LogP contribution in [0.3, 0.4) is 0 Å². The molecule has 34 heavy (non-hydrogen) atoms. The first-order valence-electron chi connectivity index (χ1n) is 11.4. The Labute approximate surface area is 199 Å². The first kappa shape index (κ1) is 25.2. The molecule has 1 aliphatic heterocycles. The molecule has 3 heterocycles. The van der Waals surface area contributed by atoms with Gasteiger partial charge in [0.25, 0.3) is 11.7 Å². The lowest BCUT2D eigenvalue weighted by Gasteiger charge is -2.26. The molecule has 1 unspecified atom stereocenters. The number of esters is 1. The molecular formula is C25H32N4O5. The van der Waals surface area contributed by atoms with E-state index in [1.165, 1.54) is 12.0 Å². The average Bonchev–Trinajstić information content (AvgIpc) is 3.28. The number of amides is 1. The highest BCUT2D eigenvalue weighted by atomic mass is 16.5. The Morgan fingerprint density at radius 1 is 1.26 bits per heavy atom. The summed E-state index contributed by atoms with van der Waals surface area (Å²) in [6.07, 6.45) is 3.89. The van der Waals surface area contributed by atoms with Gasteiger partial charge in [0.2, 0.25) is 0 Å². The Hall–Kier alpha value is -3.46. The molecule has 0 aromatic carbocycles. The number of aliphatic hydroxyl groups is 1. The summed E-state index contributed by atoms with van der Waals surface area (Å²) in [5.74, 6) is -2.32. The number of nitrogens with zero attached hydrogens (tertiary/aromatic N) is 3. The normalized spacial score (nSPS) is 17.6. The van der Waals surface area contributed by atoms with Gasteiger partial charge in [-0.3, -0.25) is 14.6 Å². The molecule has 2 N–H and O–H groups in total. The van der Waals surface area contributed by atoms with Gasteiger partial charge in [-0.1, -0.05) is 19.9 Å². The second-order valence-electron chi connectivity index (χ2n) is 8.28. The van der Waals surface area contributed by atoms with E-state index in [2.05, 4.69) is 28.7 Å². The standard InChI is InChI=1S/C25H32N4O5/c1-6-28(7-2)12-9-13-29-21(17-10-8-11-26-14-17)19(23(31)24(29)32)22(30)18-15(3)20(25(33)34-5)27-16(18)4/h8,10-11,14,21,27,30H,6-7,9,12-13H2,1-5H3/b22-19-. The number of aryl methyl sites for hydroxylation is 1. The summed E-state index contributed by atoms with van der Waals surface area (Å²) in [4.78, 5) is 49.3. The van der Waals surface area contributed by atoms with Crippen molar-refractivity contribution in [2.45, 2.75) is 40.2 Å². The summed E-state index contributed by atoms with van der Waals surface area (Å²) in [6.45, 7) is 10.4. The second-order valence-corrected chi connectivity index (χ2v) is 8.28. The number of carbonyl (C=O) groups is 3. The fourth-order valence-corrected chi connectivity index (χ4v) is 4.55. The largest absolute Gasteiger partial charge is 0.507 e. The smallest absolute Gasteiger partial charge is 0.354 e. The van der Waals surface area contributed by atoms with Crippen molar-refractivity contribution in [2.75, 3.05) is 33.3 Å². The zero-order valence-electron chi connectivity index (χ0n) is 20.3. The van der Waals surface area contributed by atoms with E-state index >= 15 is 0 Å². The van der Waals surface area contributed by atoms with Crippen molar-refractivity contribution < 1.29 is 24.2 Å². The molecule has 2 aromatic heterocycles. The van der Waals surface area contributed by atoms with Crippen LogP contribution in [0.1, 0.15) is 59.2 Å². The van der Waals surface area contributed by atoms with Crippen LogP contribution in [0.2, 0.25) is 0 Å². The van der Waals surface area contributed by atoms with Crippen molar-refractivity contribution in [3.05, 3.63) is 58.2 Å². The van der Waals surface area contributed by atoms with Crippen LogP contribution in [-0.2, 0) is 14.3 Å². The molecular weight excluding hydrogens is 436 g/mol. The van der Waals surface area contributed by atoms with Gasteiger partial charge in [0.1, 0.15) is 11.5 Å². The van der Waals surface area contributed by atoms with Crippen LogP contribution in [0, 0.1) is 13.8 Å². The monoisotopic (exact) mass is 468 g/mol. The minimum atomic E-state index is -0.777. The quantitative estimate of drug-likeness (QED) is 0.252. The van der Waals surface area contributed by atoms with Crippen LogP contribution in [0.5, 0.6) is 0 Å². The average molecular weight is 469 g/mol. The number of hydrogen-bond acceptors (Lipinski definition) is 7. The van der Waals surface area contributed by atoms with Crippen LogP contribution in [0.15, 0.2) is 30.1 Å². The third-order valence-electron chi connectivity index (χ3n) is 6.37. The summed E-state index contributed by atoms with van der Waals surface area (Å²) >= 11 is 0. The summed E-state index contributed by atoms with van der Waals surface area (Å²) < 4.78 is 4.81. The number of aromatic nitrogens is 2. The molecule has 3 rings (SSSR count). The first-order chi connectivity index (χ1) is 16.3. The number of aliphatic hydroxyl groups excluding tert-OH is 1. The number of ether oxygens (including phenoxy) is 1. The van der Waals surface area contributed by atoms with Gasteiger partial charge in [-0.2, -0.15) is 0 Å². The molecule has 0 spiro atoms. The molecule has 0 radical (unpaired) electrons. The van der Waals surface area contributed by atoms with Gasteiger partial charge in [-0.05, 0) is 57.1 Å². The van der Waals surface area contributed by atoms with Gasteiger partial charge in [-0.15, -0.1) is 0 Å². The number of rotatable bonds is 9. The molecule has 9 nitrogen and oxygen atoms in total. The lowest BCUT2D eigenvalue weighted by atomic mass is 9.95. The molecule has 1 amide bonds. The van der Waals surface area contributed by atoms with Gasteiger partial charge in [-0.25, -0.2) is 4.79 Å². The maximum Gasteiger partial charge on any atom is 0.354 e. The maximum absolute atomic E-state index is 13.2. The number of pyridine rings is 1. The van der Waals surface area contributed by atoms with Crippen LogP contribution in [0.25, 0.3) is 5.76 Å². The number of H-pyrrole nitrogens is 1. The topological polar surface area (TPSA) is 116 Å². The van der Waals surface area contributed by atoms with E-state index in [-0.39, 0.29) is 17.0 Å². The summed E-state index contributed by atoms with van der Waals surface area (Å²) in [5, 5.41) is 11.4. The Balaban J connectivity index is 2.09. The van der Waals surface area contributed by atoms with Crippen molar-refractivity contribution in [3.8, 4) is 0 Å². The van der Waals surface area contributed by atoms with Crippen molar-refractivity contribution in [2.24, 2.45) is 0 Å². The zero-order valence-corrected chi connectivity index (χ0v) is 20.3. The highest BCUT2D eigenvalue weighted by Gasteiger charge is 2.46. The summed E-state index contributed by atoms with van der Waals surface area (Å²) in [7, 11) is 1.27. The fourth-order valence-electron chi connectivity index (χ4n) is 4.55.